The molecule has 0 aliphatic heterocycles. The average Bonchev–Trinajstić information content (AvgIpc) is 2.13. The van der Waals surface area contributed by atoms with Crippen molar-refractivity contribution in [3.8, 4) is 0 Å². The first kappa shape index (κ1) is 11.7. The number of ether oxygens (including phenoxy) is 2. The van der Waals surface area contributed by atoms with Gasteiger partial charge in [0.1, 0.15) is 12.6 Å². The van der Waals surface area contributed by atoms with Crippen molar-refractivity contribution in [2.75, 3.05) is 20.3 Å². The zero-order chi connectivity index (χ0) is 10.3. The van der Waals surface area contributed by atoms with Gasteiger partial charge >= 0.3 is 12.1 Å². The highest BCUT2D eigenvalue weighted by Gasteiger charge is 2.15. The summed E-state index contributed by atoms with van der Waals surface area (Å²) in [5.74, 6) is -0.555. The van der Waals surface area contributed by atoms with Gasteiger partial charge in [0.05, 0.1) is 13.7 Å². The Hall–Kier alpha value is -1.30. The third-order valence-corrected chi connectivity index (χ3v) is 1.21. The number of alkyl carbamates (subject to hydrolysis) is 1. The second kappa shape index (κ2) is 6.24. The minimum absolute atomic E-state index is 0.0975. The zero-order valence-electron chi connectivity index (χ0n) is 7.57. The van der Waals surface area contributed by atoms with Gasteiger partial charge in [-0.25, -0.2) is 9.59 Å². The molecule has 1 unspecified atom stereocenters. The molecule has 0 aromatic rings. The molecular weight excluding hydrogens is 178 g/mol. The minimum atomic E-state index is -0.757. The Labute approximate surface area is 75.8 Å². The molecule has 0 aliphatic rings. The van der Waals surface area contributed by atoms with E-state index in [4.69, 9.17) is 5.11 Å². The first-order valence-electron chi connectivity index (χ1n) is 3.73. The first-order chi connectivity index (χ1) is 6.11. The van der Waals surface area contributed by atoms with Gasteiger partial charge in [-0.3, -0.25) is 0 Å². The average molecular weight is 191 g/mol. The van der Waals surface area contributed by atoms with Crippen molar-refractivity contribution in [2.45, 2.75) is 13.0 Å². The lowest BCUT2D eigenvalue weighted by atomic mass is 10.3. The number of carbonyl (C=O) groups is 2. The van der Waals surface area contributed by atoms with Gasteiger partial charge in [-0.05, 0) is 6.92 Å². The number of aliphatic hydroxyl groups excluding tert-OH is 1. The maximum absolute atomic E-state index is 10.8. The summed E-state index contributed by atoms with van der Waals surface area (Å²) in [6.45, 7) is 1.12. The van der Waals surface area contributed by atoms with E-state index in [1.54, 1.807) is 0 Å². The molecule has 0 fully saturated rings. The summed E-state index contributed by atoms with van der Waals surface area (Å²) >= 11 is 0. The monoisotopic (exact) mass is 191 g/mol. The standard InChI is InChI=1S/C7H13NO5/c1-5(6(10)12-2)8-7(11)13-4-3-9/h5,9H,3-4H2,1-2H3,(H,8,11). The number of hydrogen-bond donors (Lipinski definition) is 2. The number of methoxy groups -OCH3 is 1. The van der Waals surface area contributed by atoms with Gasteiger partial charge in [-0.1, -0.05) is 0 Å². The van der Waals surface area contributed by atoms with Crippen LogP contribution in [0.25, 0.3) is 0 Å². The third-order valence-electron chi connectivity index (χ3n) is 1.21. The fraction of sp³-hybridized carbons (Fsp3) is 0.714. The van der Waals surface area contributed by atoms with Gasteiger partial charge in [0.15, 0.2) is 0 Å². The largest absolute Gasteiger partial charge is 0.467 e. The van der Waals surface area contributed by atoms with E-state index in [0.717, 1.165) is 0 Å². The van der Waals surface area contributed by atoms with Gasteiger partial charge in [-0.2, -0.15) is 0 Å². The van der Waals surface area contributed by atoms with Gasteiger partial charge in [-0.15, -0.1) is 0 Å². The number of amides is 1. The smallest absolute Gasteiger partial charge is 0.407 e. The van der Waals surface area contributed by atoms with E-state index in [1.165, 1.54) is 14.0 Å². The number of rotatable bonds is 4. The zero-order valence-corrected chi connectivity index (χ0v) is 7.57. The maximum Gasteiger partial charge on any atom is 0.407 e. The van der Waals surface area contributed by atoms with Crippen molar-refractivity contribution >= 4 is 12.1 Å². The highest BCUT2D eigenvalue weighted by Crippen LogP contribution is 1.87. The molecule has 6 heteroatoms. The molecule has 0 aliphatic carbocycles. The summed E-state index contributed by atoms with van der Waals surface area (Å²) in [7, 11) is 1.22. The highest BCUT2D eigenvalue weighted by molar-refractivity contribution is 5.80. The Bertz CT molecular complexity index is 182. The summed E-state index contributed by atoms with van der Waals surface area (Å²) in [6.07, 6.45) is -0.757. The predicted octanol–water partition coefficient (Wildman–Crippen LogP) is -0.734. The highest BCUT2D eigenvalue weighted by atomic mass is 16.6. The van der Waals surface area contributed by atoms with Crippen LogP contribution in [-0.4, -0.2) is 43.5 Å². The SMILES string of the molecule is COC(=O)C(C)NC(=O)OCCO. The Morgan fingerprint density at radius 1 is 1.54 bits per heavy atom. The van der Waals surface area contributed by atoms with Crippen LogP contribution in [-0.2, 0) is 14.3 Å². The molecule has 0 rings (SSSR count). The summed E-state index contributed by atoms with van der Waals surface area (Å²) < 4.78 is 8.81. The molecule has 0 saturated carbocycles. The number of hydrogen-bond acceptors (Lipinski definition) is 5. The fourth-order valence-corrected chi connectivity index (χ4v) is 0.592. The van der Waals surface area contributed by atoms with Crippen molar-refractivity contribution < 1.29 is 24.2 Å². The Morgan fingerprint density at radius 2 is 2.15 bits per heavy atom. The van der Waals surface area contributed by atoms with Crippen molar-refractivity contribution in [2.24, 2.45) is 0 Å². The maximum atomic E-state index is 10.8. The van der Waals surface area contributed by atoms with E-state index >= 15 is 0 Å². The third kappa shape index (κ3) is 5.02. The van der Waals surface area contributed by atoms with Crippen LogP contribution < -0.4 is 5.32 Å². The number of esters is 1. The van der Waals surface area contributed by atoms with Crippen LogP contribution in [0.5, 0.6) is 0 Å². The molecular formula is C7H13NO5. The molecule has 1 atom stereocenters. The number of carbonyl (C=O) groups excluding carboxylic acids is 2. The van der Waals surface area contributed by atoms with E-state index in [1.807, 2.05) is 0 Å². The molecule has 0 bridgehead atoms. The molecule has 0 aromatic carbocycles. The van der Waals surface area contributed by atoms with Gasteiger partial charge < -0.3 is 19.9 Å². The Kier molecular flexibility index (Phi) is 5.62. The van der Waals surface area contributed by atoms with Crippen LogP contribution in [0.1, 0.15) is 6.92 Å². The Morgan fingerprint density at radius 3 is 2.62 bits per heavy atom. The summed E-state index contributed by atoms with van der Waals surface area (Å²) in [4.78, 5) is 21.6. The van der Waals surface area contributed by atoms with Crippen LogP contribution in [0.2, 0.25) is 0 Å². The van der Waals surface area contributed by atoms with Crippen LogP contribution >= 0.6 is 0 Å². The van der Waals surface area contributed by atoms with Crippen LogP contribution in [0, 0.1) is 0 Å². The lowest BCUT2D eigenvalue weighted by Crippen LogP contribution is -2.39. The quantitative estimate of drug-likeness (QED) is 0.572. The molecule has 0 aromatic heterocycles. The van der Waals surface area contributed by atoms with Crippen molar-refractivity contribution in [1.29, 1.82) is 0 Å². The molecule has 0 spiro atoms. The van der Waals surface area contributed by atoms with E-state index in [-0.39, 0.29) is 13.2 Å². The van der Waals surface area contributed by atoms with Gasteiger partial charge in [0, 0.05) is 0 Å². The second-order valence-electron chi connectivity index (χ2n) is 2.25. The number of aliphatic hydroxyl groups is 1. The van der Waals surface area contributed by atoms with E-state index < -0.39 is 18.1 Å². The molecule has 0 saturated heterocycles. The first-order valence-corrected chi connectivity index (χ1v) is 3.73. The van der Waals surface area contributed by atoms with Crippen molar-refractivity contribution in [3.05, 3.63) is 0 Å². The topological polar surface area (TPSA) is 84.9 Å². The molecule has 1 amide bonds. The molecule has 2 N–H and O–H groups in total. The molecule has 13 heavy (non-hydrogen) atoms. The molecule has 76 valence electrons. The van der Waals surface area contributed by atoms with E-state index in [2.05, 4.69) is 14.8 Å². The predicted molar refractivity (Wildman–Crippen MR) is 43.0 cm³/mol. The molecule has 0 radical (unpaired) electrons. The van der Waals surface area contributed by atoms with Gasteiger partial charge in [0.2, 0.25) is 0 Å². The van der Waals surface area contributed by atoms with Gasteiger partial charge in [0.25, 0.3) is 0 Å². The normalized spacial score (nSPS) is 11.6. The summed E-state index contributed by atoms with van der Waals surface area (Å²) in [5, 5.41) is 10.5. The molecule has 6 nitrogen and oxygen atoms in total. The van der Waals surface area contributed by atoms with Crippen molar-refractivity contribution in [3.63, 3.8) is 0 Å². The van der Waals surface area contributed by atoms with Crippen LogP contribution in [0.4, 0.5) is 4.79 Å². The number of nitrogens with one attached hydrogen (secondary N) is 1. The van der Waals surface area contributed by atoms with Crippen LogP contribution in [0.15, 0.2) is 0 Å². The minimum Gasteiger partial charge on any atom is -0.467 e. The van der Waals surface area contributed by atoms with E-state index in [9.17, 15) is 9.59 Å². The second-order valence-corrected chi connectivity index (χ2v) is 2.25. The van der Waals surface area contributed by atoms with E-state index in [0.29, 0.717) is 0 Å². The summed E-state index contributed by atoms with van der Waals surface area (Å²) in [5.41, 5.74) is 0. The van der Waals surface area contributed by atoms with Crippen LogP contribution in [0.3, 0.4) is 0 Å². The molecule has 0 heterocycles. The Balaban J connectivity index is 3.71. The lowest BCUT2D eigenvalue weighted by molar-refractivity contribution is -0.142. The summed E-state index contributed by atoms with van der Waals surface area (Å²) in [6, 6.07) is -0.754. The lowest BCUT2D eigenvalue weighted by Gasteiger charge is -2.10. The van der Waals surface area contributed by atoms with Crippen molar-refractivity contribution in [1.82, 2.24) is 5.32 Å². The fourth-order valence-electron chi connectivity index (χ4n) is 0.592.